The Kier molecular flexibility index (Phi) is 7.23. The molecule has 0 radical (unpaired) electrons. The largest absolute Gasteiger partial charge is 0.338 e. The van der Waals surface area contributed by atoms with Crippen molar-refractivity contribution in [1.82, 2.24) is 0 Å². The molecule has 3 nitrogen and oxygen atoms in total. The molecule has 80 valence electrons. The summed E-state index contributed by atoms with van der Waals surface area (Å²) in [6, 6.07) is 0. The molecule has 0 saturated heterocycles. The fourth-order valence-corrected chi connectivity index (χ4v) is 1.30. The predicted octanol–water partition coefficient (Wildman–Crippen LogP) is 2.25. The summed E-state index contributed by atoms with van der Waals surface area (Å²) in [6.45, 7) is 7.23. The standard InChI is InChI=1S/C10H23NO2/c1-4-7-8-9-10(11,12-5-2)13-6-3/h4-9,11H2,1-3H3. The zero-order valence-electron chi connectivity index (χ0n) is 9.14. The molecule has 3 heteroatoms. The van der Waals surface area contributed by atoms with Gasteiger partial charge in [0.1, 0.15) is 0 Å². The van der Waals surface area contributed by atoms with Crippen LogP contribution in [0.2, 0.25) is 0 Å². The Morgan fingerprint density at radius 1 is 1.00 bits per heavy atom. The maximum Gasteiger partial charge on any atom is 0.224 e. The van der Waals surface area contributed by atoms with Crippen molar-refractivity contribution in [3.05, 3.63) is 0 Å². The Hall–Kier alpha value is -0.120. The second-order valence-electron chi connectivity index (χ2n) is 3.13. The monoisotopic (exact) mass is 189 g/mol. The van der Waals surface area contributed by atoms with Crippen molar-refractivity contribution >= 4 is 0 Å². The van der Waals surface area contributed by atoms with Crippen LogP contribution in [0, 0.1) is 0 Å². The quantitative estimate of drug-likeness (QED) is 0.470. The molecule has 0 aliphatic carbocycles. The second-order valence-corrected chi connectivity index (χ2v) is 3.13. The highest BCUT2D eigenvalue weighted by Gasteiger charge is 2.24. The molecule has 0 fully saturated rings. The first kappa shape index (κ1) is 12.9. The molecule has 0 saturated carbocycles. The van der Waals surface area contributed by atoms with Crippen LogP contribution >= 0.6 is 0 Å². The molecule has 0 spiro atoms. The van der Waals surface area contributed by atoms with Crippen LogP contribution < -0.4 is 5.73 Å². The lowest BCUT2D eigenvalue weighted by molar-refractivity contribution is -0.233. The average molecular weight is 189 g/mol. The van der Waals surface area contributed by atoms with Gasteiger partial charge >= 0.3 is 0 Å². The van der Waals surface area contributed by atoms with E-state index in [1.165, 1.54) is 12.8 Å². The van der Waals surface area contributed by atoms with E-state index < -0.39 is 5.91 Å². The van der Waals surface area contributed by atoms with Crippen LogP contribution in [0.1, 0.15) is 46.5 Å². The molecule has 0 aromatic carbocycles. The summed E-state index contributed by atoms with van der Waals surface area (Å²) in [6.07, 6.45) is 4.21. The van der Waals surface area contributed by atoms with Gasteiger partial charge in [-0.25, -0.2) is 0 Å². The first-order valence-corrected chi connectivity index (χ1v) is 5.25. The summed E-state index contributed by atoms with van der Waals surface area (Å²) in [7, 11) is 0. The first-order valence-electron chi connectivity index (χ1n) is 5.25. The maximum absolute atomic E-state index is 5.92. The van der Waals surface area contributed by atoms with E-state index in [1.54, 1.807) is 0 Å². The summed E-state index contributed by atoms with van der Waals surface area (Å²) >= 11 is 0. The molecule has 0 heterocycles. The Bertz CT molecular complexity index is 111. The SMILES string of the molecule is CCCCCC(N)(OCC)OCC. The van der Waals surface area contributed by atoms with E-state index in [2.05, 4.69) is 6.92 Å². The highest BCUT2D eigenvalue weighted by molar-refractivity contribution is 4.60. The normalized spacial score (nSPS) is 12.0. The number of hydrogen-bond donors (Lipinski definition) is 1. The molecule has 0 amide bonds. The third-order valence-corrected chi connectivity index (χ3v) is 1.91. The predicted molar refractivity (Wildman–Crippen MR) is 54.3 cm³/mol. The minimum atomic E-state index is -0.849. The van der Waals surface area contributed by atoms with Gasteiger partial charge < -0.3 is 9.47 Å². The van der Waals surface area contributed by atoms with Crippen molar-refractivity contribution in [2.45, 2.75) is 52.4 Å². The molecule has 0 aliphatic rings. The van der Waals surface area contributed by atoms with Crippen molar-refractivity contribution in [3.63, 3.8) is 0 Å². The number of nitrogens with two attached hydrogens (primary N) is 1. The summed E-state index contributed by atoms with van der Waals surface area (Å²) in [5, 5.41) is 0. The minimum Gasteiger partial charge on any atom is -0.338 e. The molecule has 0 bridgehead atoms. The van der Waals surface area contributed by atoms with Gasteiger partial charge in [0.15, 0.2) is 0 Å². The van der Waals surface area contributed by atoms with Crippen molar-refractivity contribution in [3.8, 4) is 0 Å². The van der Waals surface area contributed by atoms with Crippen molar-refractivity contribution in [2.75, 3.05) is 13.2 Å². The van der Waals surface area contributed by atoms with Crippen molar-refractivity contribution in [1.29, 1.82) is 0 Å². The first-order chi connectivity index (χ1) is 6.18. The Labute approximate surface area is 81.6 Å². The van der Waals surface area contributed by atoms with Crippen LogP contribution in [0.5, 0.6) is 0 Å². The molecular formula is C10H23NO2. The van der Waals surface area contributed by atoms with E-state index in [1.807, 2.05) is 13.8 Å². The van der Waals surface area contributed by atoms with Gasteiger partial charge in [-0.3, -0.25) is 5.73 Å². The van der Waals surface area contributed by atoms with E-state index in [9.17, 15) is 0 Å². The van der Waals surface area contributed by atoms with Crippen LogP contribution in [-0.4, -0.2) is 19.1 Å². The molecule has 0 atom stereocenters. The zero-order valence-corrected chi connectivity index (χ0v) is 9.14. The van der Waals surface area contributed by atoms with E-state index in [-0.39, 0.29) is 0 Å². The molecule has 2 N–H and O–H groups in total. The fourth-order valence-electron chi connectivity index (χ4n) is 1.30. The van der Waals surface area contributed by atoms with Gasteiger partial charge in [-0.1, -0.05) is 19.8 Å². The molecule has 0 aromatic rings. The van der Waals surface area contributed by atoms with Gasteiger partial charge in [0.25, 0.3) is 0 Å². The molecule has 0 aromatic heterocycles. The third kappa shape index (κ3) is 6.02. The van der Waals surface area contributed by atoms with Gasteiger partial charge in [0.05, 0.1) is 0 Å². The lowest BCUT2D eigenvalue weighted by atomic mass is 10.1. The number of rotatable bonds is 8. The van der Waals surface area contributed by atoms with Gasteiger partial charge in [0.2, 0.25) is 5.91 Å². The van der Waals surface area contributed by atoms with Gasteiger partial charge in [-0.2, -0.15) is 0 Å². The van der Waals surface area contributed by atoms with Crippen LogP contribution in [0.4, 0.5) is 0 Å². The van der Waals surface area contributed by atoms with Crippen LogP contribution in [0.15, 0.2) is 0 Å². The number of ether oxygens (including phenoxy) is 2. The molecular weight excluding hydrogens is 166 g/mol. The lowest BCUT2D eigenvalue weighted by Crippen LogP contribution is -2.45. The number of hydrogen-bond acceptors (Lipinski definition) is 3. The highest BCUT2D eigenvalue weighted by atomic mass is 16.7. The second kappa shape index (κ2) is 7.30. The smallest absolute Gasteiger partial charge is 0.224 e. The van der Waals surface area contributed by atoms with Crippen LogP contribution in [0.3, 0.4) is 0 Å². The topological polar surface area (TPSA) is 44.5 Å². The van der Waals surface area contributed by atoms with Gasteiger partial charge in [-0.05, 0) is 20.3 Å². The van der Waals surface area contributed by atoms with E-state index >= 15 is 0 Å². The third-order valence-electron chi connectivity index (χ3n) is 1.91. The summed E-state index contributed by atoms with van der Waals surface area (Å²) in [5.41, 5.74) is 5.92. The Morgan fingerprint density at radius 2 is 1.54 bits per heavy atom. The molecule has 0 unspecified atom stereocenters. The maximum atomic E-state index is 5.92. The summed E-state index contributed by atoms with van der Waals surface area (Å²) in [4.78, 5) is 0. The summed E-state index contributed by atoms with van der Waals surface area (Å²) < 4.78 is 10.7. The van der Waals surface area contributed by atoms with E-state index in [0.717, 1.165) is 12.8 Å². The van der Waals surface area contributed by atoms with Crippen molar-refractivity contribution in [2.24, 2.45) is 5.73 Å². The van der Waals surface area contributed by atoms with Gasteiger partial charge in [0, 0.05) is 19.6 Å². The fraction of sp³-hybridized carbons (Fsp3) is 1.00. The Morgan fingerprint density at radius 3 is 1.92 bits per heavy atom. The zero-order chi connectivity index (χ0) is 10.2. The van der Waals surface area contributed by atoms with Crippen LogP contribution in [-0.2, 0) is 9.47 Å². The lowest BCUT2D eigenvalue weighted by Gasteiger charge is -2.28. The van der Waals surface area contributed by atoms with E-state index in [4.69, 9.17) is 15.2 Å². The Balaban J connectivity index is 3.76. The van der Waals surface area contributed by atoms with Crippen molar-refractivity contribution < 1.29 is 9.47 Å². The van der Waals surface area contributed by atoms with E-state index in [0.29, 0.717) is 13.2 Å². The molecule has 13 heavy (non-hydrogen) atoms. The molecule has 0 aliphatic heterocycles. The van der Waals surface area contributed by atoms with Gasteiger partial charge in [-0.15, -0.1) is 0 Å². The average Bonchev–Trinajstić information content (AvgIpc) is 2.05. The minimum absolute atomic E-state index is 0.600. The summed E-state index contributed by atoms with van der Waals surface area (Å²) in [5.74, 6) is -0.849. The molecule has 0 rings (SSSR count). The number of unbranched alkanes of at least 4 members (excludes halogenated alkanes) is 2. The highest BCUT2D eigenvalue weighted by Crippen LogP contribution is 2.15. The van der Waals surface area contributed by atoms with Crippen LogP contribution in [0.25, 0.3) is 0 Å².